The zero-order chi connectivity index (χ0) is 25.6. The predicted molar refractivity (Wildman–Crippen MR) is 130 cm³/mol. The second-order valence-electron chi connectivity index (χ2n) is 8.57. The smallest absolute Gasteiger partial charge is 0.322 e. The minimum atomic E-state index is -0.577. The van der Waals surface area contributed by atoms with Crippen LogP contribution < -0.4 is 19.9 Å². The van der Waals surface area contributed by atoms with Gasteiger partial charge >= 0.3 is 5.69 Å². The molecule has 3 aromatic rings. The molecule has 5 rings (SSSR count). The number of nitrogens with zero attached hydrogens (tertiary/aromatic N) is 7. The van der Waals surface area contributed by atoms with Gasteiger partial charge in [-0.1, -0.05) is 6.08 Å². The van der Waals surface area contributed by atoms with Crippen molar-refractivity contribution >= 4 is 28.4 Å². The molecule has 2 aliphatic heterocycles. The molecule has 36 heavy (non-hydrogen) atoms. The van der Waals surface area contributed by atoms with E-state index in [2.05, 4.69) is 11.7 Å². The van der Waals surface area contributed by atoms with E-state index < -0.39 is 10.8 Å². The number of nitro groups is 1. The number of rotatable bonds is 5. The molecular weight excluding hydrogens is 470 g/mol. The highest BCUT2D eigenvalue weighted by Crippen LogP contribution is 2.33. The van der Waals surface area contributed by atoms with E-state index in [1.807, 2.05) is 4.90 Å². The van der Waals surface area contributed by atoms with E-state index in [1.54, 1.807) is 23.1 Å². The third kappa shape index (κ3) is 3.82. The van der Waals surface area contributed by atoms with Crippen LogP contribution in [0.5, 0.6) is 11.5 Å². The van der Waals surface area contributed by atoms with E-state index in [1.165, 1.54) is 23.2 Å². The van der Waals surface area contributed by atoms with E-state index in [-0.39, 0.29) is 29.2 Å². The van der Waals surface area contributed by atoms with Crippen LogP contribution in [0, 0.1) is 17.0 Å². The van der Waals surface area contributed by atoms with Crippen LogP contribution in [0.15, 0.2) is 29.6 Å². The van der Waals surface area contributed by atoms with E-state index in [4.69, 9.17) is 14.5 Å². The lowest BCUT2D eigenvalue weighted by molar-refractivity contribution is -0.385. The summed E-state index contributed by atoms with van der Waals surface area (Å²) in [6, 6.07) is 3.36. The van der Waals surface area contributed by atoms with Gasteiger partial charge in [0.2, 0.25) is 11.6 Å². The Hall–Kier alpha value is -4.42. The van der Waals surface area contributed by atoms with E-state index in [9.17, 15) is 19.7 Å². The van der Waals surface area contributed by atoms with Gasteiger partial charge in [0.1, 0.15) is 18.9 Å². The van der Waals surface area contributed by atoms with Crippen LogP contribution in [0.4, 0.5) is 11.6 Å². The van der Waals surface area contributed by atoms with Crippen molar-refractivity contribution in [2.45, 2.75) is 13.5 Å². The van der Waals surface area contributed by atoms with Crippen molar-refractivity contribution in [1.82, 2.24) is 24.2 Å². The zero-order valence-electron chi connectivity index (χ0n) is 20.0. The standard InChI is InChI=1S/C23H25N7O6/c1-4-5-29-21(31)15-12-17-18(36-11-10-35-17)13-16(15)24-23(29)28-8-6-27(7-9-28)22(32)20-19(30(33)34)14(2)25-26(20)3/h4,12-13H,1,5-11H2,2-3H3. The number of carbonyl (C=O) groups excluding carboxylic acids is 1. The average Bonchev–Trinajstić information content (AvgIpc) is 3.18. The second kappa shape index (κ2) is 8.98. The highest BCUT2D eigenvalue weighted by atomic mass is 16.6. The number of allylic oxidation sites excluding steroid dienone is 1. The first-order valence-corrected chi connectivity index (χ1v) is 11.5. The summed E-state index contributed by atoms with van der Waals surface area (Å²) in [4.78, 5) is 45.7. The minimum Gasteiger partial charge on any atom is -0.486 e. The van der Waals surface area contributed by atoms with Crippen LogP contribution in [0.25, 0.3) is 10.9 Å². The number of amides is 1. The van der Waals surface area contributed by atoms with Crippen molar-refractivity contribution in [3.63, 3.8) is 0 Å². The van der Waals surface area contributed by atoms with E-state index in [0.29, 0.717) is 67.7 Å². The van der Waals surface area contributed by atoms with Crippen LogP contribution in [0.2, 0.25) is 0 Å². The van der Waals surface area contributed by atoms with Crippen molar-refractivity contribution in [3.05, 3.63) is 56.6 Å². The van der Waals surface area contributed by atoms with Crippen LogP contribution >= 0.6 is 0 Å². The number of aromatic nitrogens is 4. The summed E-state index contributed by atoms with van der Waals surface area (Å²) >= 11 is 0. The first-order valence-electron chi connectivity index (χ1n) is 11.5. The van der Waals surface area contributed by atoms with Crippen LogP contribution in [-0.2, 0) is 13.6 Å². The Kier molecular flexibility index (Phi) is 5.82. The SMILES string of the molecule is C=CCn1c(N2CCN(C(=O)c3c([N+](=O)[O-])c(C)nn3C)CC2)nc2cc3c(cc2c1=O)OCCO3. The van der Waals surface area contributed by atoms with Gasteiger partial charge in [0, 0.05) is 45.8 Å². The lowest BCUT2D eigenvalue weighted by Gasteiger charge is -2.36. The molecule has 0 unspecified atom stereocenters. The molecule has 0 radical (unpaired) electrons. The molecule has 1 fully saturated rings. The van der Waals surface area contributed by atoms with Gasteiger partial charge in [-0.15, -0.1) is 6.58 Å². The largest absolute Gasteiger partial charge is 0.486 e. The maximum Gasteiger partial charge on any atom is 0.322 e. The van der Waals surface area contributed by atoms with Gasteiger partial charge in [-0.25, -0.2) is 4.98 Å². The fourth-order valence-electron chi connectivity index (χ4n) is 4.65. The molecule has 4 heterocycles. The molecule has 0 saturated carbocycles. The van der Waals surface area contributed by atoms with Crippen molar-refractivity contribution in [1.29, 1.82) is 0 Å². The van der Waals surface area contributed by atoms with Crippen molar-refractivity contribution in [2.24, 2.45) is 7.05 Å². The molecule has 188 valence electrons. The van der Waals surface area contributed by atoms with Crippen molar-refractivity contribution in [3.8, 4) is 11.5 Å². The molecule has 2 aliphatic rings. The monoisotopic (exact) mass is 495 g/mol. The second-order valence-corrected chi connectivity index (χ2v) is 8.57. The average molecular weight is 495 g/mol. The number of hydrogen-bond donors (Lipinski definition) is 0. The predicted octanol–water partition coefficient (Wildman–Crippen LogP) is 1.27. The highest BCUT2D eigenvalue weighted by Gasteiger charge is 2.34. The third-order valence-electron chi connectivity index (χ3n) is 6.34. The van der Waals surface area contributed by atoms with Gasteiger partial charge in [-0.2, -0.15) is 5.10 Å². The first kappa shape index (κ1) is 23.3. The molecule has 1 saturated heterocycles. The van der Waals surface area contributed by atoms with Crippen LogP contribution in [0.3, 0.4) is 0 Å². The van der Waals surface area contributed by atoms with Crippen molar-refractivity contribution < 1.29 is 19.2 Å². The Morgan fingerprint density at radius 1 is 1.19 bits per heavy atom. The lowest BCUT2D eigenvalue weighted by Crippen LogP contribution is -2.50. The van der Waals surface area contributed by atoms with Gasteiger partial charge in [-0.05, 0) is 13.0 Å². The molecule has 13 nitrogen and oxygen atoms in total. The molecule has 0 N–H and O–H groups in total. The molecule has 0 aliphatic carbocycles. The summed E-state index contributed by atoms with van der Waals surface area (Å²) in [5.41, 5.74) is 0.112. The Morgan fingerprint density at radius 3 is 2.50 bits per heavy atom. The Labute approximate surface area is 205 Å². The third-order valence-corrected chi connectivity index (χ3v) is 6.34. The highest BCUT2D eigenvalue weighted by molar-refractivity contribution is 5.97. The number of ether oxygens (including phenoxy) is 2. The summed E-state index contributed by atoms with van der Waals surface area (Å²) in [5, 5.41) is 16.0. The molecule has 13 heteroatoms. The fourth-order valence-corrected chi connectivity index (χ4v) is 4.65. The summed E-state index contributed by atoms with van der Waals surface area (Å²) < 4.78 is 14.1. The summed E-state index contributed by atoms with van der Waals surface area (Å²) in [6.45, 7) is 7.72. The van der Waals surface area contributed by atoms with Gasteiger partial charge in [-0.3, -0.25) is 29.0 Å². The Balaban J connectivity index is 1.45. The van der Waals surface area contributed by atoms with Crippen LogP contribution in [-0.4, -0.2) is 74.5 Å². The molecular formula is C23H25N7O6. The van der Waals surface area contributed by atoms with Gasteiger partial charge < -0.3 is 19.3 Å². The van der Waals surface area contributed by atoms with Gasteiger partial charge in [0.25, 0.3) is 11.5 Å². The minimum absolute atomic E-state index is 0.0506. The number of fused-ring (bicyclic) bond motifs is 2. The number of hydrogen-bond acceptors (Lipinski definition) is 9. The topological polar surface area (TPSA) is 138 Å². The number of benzene rings is 1. The van der Waals surface area contributed by atoms with E-state index in [0.717, 1.165) is 0 Å². The Morgan fingerprint density at radius 2 is 1.86 bits per heavy atom. The summed E-state index contributed by atoms with van der Waals surface area (Å²) in [6.07, 6.45) is 1.63. The maximum absolute atomic E-state index is 13.4. The first-order chi connectivity index (χ1) is 17.3. The van der Waals surface area contributed by atoms with Gasteiger partial charge in [0.05, 0.1) is 15.8 Å². The molecule has 1 amide bonds. The number of aryl methyl sites for hydroxylation is 2. The molecule has 0 atom stereocenters. The molecule has 2 aromatic heterocycles. The van der Waals surface area contributed by atoms with E-state index >= 15 is 0 Å². The number of piperazine rings is 1. The zero-order valence-corrected chi connectivity index (χ0v) is 20.0. The summed E-state index contributed by atoms with van der Waals surface area (Å²) in [7, 11) is 1.52. The Bertz CT molecular complexity index is 1450. The lowest BCUT2D eigenvalue weighted by atomic mass is 10.2. The fraction of sp³-hybridized carbons (Fsp3) is 0.391. The normalized spacial score (nSPS) is 15.3. The number of carbonyl (C=O) groups is 1. The van der Waals surface area contributed by atoms with Crippen LogP contribution in [0.1, 0.15) is 16.2 Å². The van der Waals surface area contributed by atoms with Gasteiger partial charge in [0.15, 0.2) is 11.5 Å². The molecule has 0 spiro atoms. The quantitative estimate of drug-likeness (QED) is 0.291. The maximum atomic E-state index is 13.4. The number of anilines is 1. The molecule has 1 aromatic carbocycles. The molecule has 0 bridgehead atoms. The summed E-state index contributed by atoms with van der Waals surface area (Å²) in [5.74, 6) is 1.05. The van der Waals surface area contributed by atoms with Crippen molar-refractivity contribution in [2.75, 3.05) is 44.3 Å².